The first-order valence-corrected chi connectivity index (χ1v) is 8.34. The van der Waals surface area contributed by atoms with Crippen molar-refractivity contribution in [3.8, 4) is 0 Å². The molecule has 2 N–H and O–H groups in total. The van der Waals surface area contributed by atoms with Crippen LogP contribution in [0.5, 0.6) is 0 Å². The maximum atomic E-state index is 12.1. The minimum absolute atomic E-state index is 0.0778. The summed E-state index contributed by atoms with van der Waals surface area (Å²) in [6.07, 6.45) is 0.0863. The molecule has 0 saturated heterocycles. The van der Waals surface area contributed by atoms with Gasteiger partial charge in [-0.25, -0.2) is 4.79 Å². The van der Waals surface area contributed by atoms with Crippen molar-refractivity contribution in [2.45, 2.75) is 12.5 Å². The zero-order valence-electron chi connectivity index (χ0n) is 15.1. The average Bonchev–Trinajstić information content (AvgIpc) is 2.72. The van der Waals surface area contributed by atoms with Gasteiger partial charge in [0.05, 0.1) is 18.6 Å². The van der Waals surface area contributed by atoms with E-state index in [0.717, 1.165) is 0 Å². The average molecular weight is 385 g/mol. The van der Waals surface area contributed by atoms with Crippen molar-refractivity contribution in [2.24, 2.45) is 0 Å². The molecule has 146 valence electrons. The van der Waals surface area contributed by atoms with E-state index < -0.39 is 28.7 Å². The Morgan fingerprint density at radius 3 is 2.29 bits per heavy atom. The van der Waals surface area contributed by atoms with Crippen LogP contribution < -0.4 is 10.6 Å². The summed E-state index contributed by atoms with van der Waals surface area (Å²) in [6, 6.07) is 13.0. The Labute approximate surface area is 160 Å². The fourth-order valence-electron chi connectivity index (χ4n) is 2.42. The molecule has 1 atom stereocenters. The van der Waals surface area contributed by atoms with Gasteiger partial charge in [0.15, 0.2) is 0 Å². The van der Waals surface area contributed by atoms with Gasteiger partial charge in [-0.3, -0.25) is 19.7 Å². The van der Waals surface area contributed by atoms with Gasteiger partial charge in [-0.15, -0.1) is 0 Å². The first-order chi connectivity index (χ1) is 13.4. The molecule has 0 aliphatic heterocycles. The number of nitrogens with zero attached hydrogens (tertiary/aromatic N) is 1. The van der Waals surface area contributed by atoms with E-state index in [1.54, 1.807) is 30.3 Å². The lowest BCUT2D eigenvalue weighted by Gasteiger charge is -2.17. The highest BCUT2D eigenvalue weighted by atomic mass is 16.6. The summed E-state index contributed by atoms with van der Waals surface area (Å²) in [5.74, 6) is -1.65. The summed E-state index contributed by atoms with van der Waals surface area (Å²) in [6.45, 7) is -0.318. The number of benzene rings is 2. The van der Waals surface area contributed by atoms with Gasteiger partial charge in [0.2, 0.25) is 5.91 Å². The zero-order chi connectivity index (χ0) is 20.5. The van der Waals surface area contributed by atoms with E-state index in [4.69, 9.17) is 4.74 Å². The van der Waals surface area contributed by atoms with Gasteiger partial charge in [-0.05, 0) is 17.7 Å². The van der Waals surface area contributed by atoms with Crippen LogP contribution in [0.15, 0.2) is 54.6 Å². The molecule has 0 heterocycles. The number of rotatable bonds is 8. The highest BCUT2D eigenvalue weighted by Gasteiger charge is 2.22. The molecule has 0 spiro atoms. The smallest absolute Gasteiger partial charge is 0.328 e. The minimum Gasteiger partial charge on any atom is -0.467 e. The molecule has 2 amide bonds. The number of hydrogen-bond donors (Lipinski definition) is 2. The molecule has 2 aromatic carbocycles. The van der Waals surface area contributed by atoms with Crippen molar-refractivity contribution in [1.82, 2.24) is 10.6 Å². The third-order valence-corrected chi connectivity index (χ3v) is 3.85. The highest BCUT2D eigenvalue weighted by Crippen LogP contribution is 2.13. The molecule has 0 aromatic heterocycles. The van der Waals surface area contributed by atoms with E-state index in [9.17, 15) is 24.5 Å². The number of hydrogen-bond acceptors (Lipinski definition) is 6. The van der Waals surface area contributed by atoms with Crippen LogP contribution >= 0.6 is 0 Å². The second-order valence-corrected chi connectivity index (χ2v) is 5.82. The first kappa shape index (κ1) is 20.6. The number of carbonyl (C=O) groups excluding carboxylic acids is 3. The lowest BCUT2D eigenvalue weighted by atomic mass is 10.1. The standard InChI is InChI=1S/C19H19N3O6/c1-28-19(25)16(11-13-7-9-15(10-8-13)22(26)27)21-17(23)12-20-18(24)14-5-3-2-4-6-14/h2-10,16H,11-12H2,1H3,(H,20,24)(H,21,23)/t16-/m1/s1. The number of nitro groups is 1. The lowest BCUT2D eigenvalue weighted by Crippen LogP contribution is -2.47. The Morgan fingerprint density at radius 1 is 1.07 bits per heavy atom. The SMILES string of the molecule is COC(=O)[C@@H](Cc1ccc([N+](=O)[O-])cc1)NC(=O)CNC(=O)c1ccccc1. The number of nitrogens with one attached hydrogen (secondary N) is 2. The van der Waals surface area contributed by atoms with Crippen LogP contribution in [-0.2, 0) is 20.7 Å². The molecular formula is C19H19N3O6. The Balaban J connectivity index is 1.95. The molecule has 9 nitrogen and oxygen atoms in total. The van der Waals surface area contributed by atoms with Gasteiger partial charge < -0.3 is 15.4 Å². The number of ether oxygens (including phenoxy) is 1. The number of esters is 1. The van der Waals surface area contributed by atoms with Crippen LogP contribution in [0, 0.1) is 10.1 Å². The van der Waals surface area contributed by atoms with Crippen molar-refractivity contribution < 1.29 is 24.0 Å². The molecule has 2 aromatic rings. The number of amides is 2. The van der Waals surface area contributed by atoms with E-state index >= 15 is 0 Å². The van der Waals surface area contributed by atoms with E-state index in [1.807, 2.05) is 0 Å². The largest absolute Gasteiger partial charge is 0.467 e. The van der Waals surface area contributed by atoms with Crippen LogP contribution in [0.4, 0.5) is 5.69 Å². The maximum Gasteiger partial charge on any atom is 0.328 e. The van der Waals surface area contributed by atoms with Crippen LogP contribution in [0.2, 0.25) is 0 Å². The Kier molecular flexibility index (Phi) is 7.21. The molecule has 28 heavy (non-hydrogen) atoms. The predicted octanol–water partition coefficient (Wildman–Crippen LogP) is 1.23. The fraction of sp³-hybridized carbons (Fsp3) is 0.211. The lowest BCUT2D eigenvalue weighted by molar-refractivity contribution is -0.384. The molecule has 0 radical (unpaired) electrons. The molecule has 0 aliphatic carbocycles. The molecule has 2 rings (SSSR count). The molecule has 0 unspecified atom stereocenters. The summed E-state index contributed by atoms with van der Waals surface area (Å²) in [7, 11) is 1.19. The van der Waals surface area contributed by atoms with Gasteiger partial charge in [-0.2, -0.15) is 0 Å². The first-order valence-electron chi connectivity index (χ1n) is 8.34. The van der Waals surface area contributed by atoms with Crippen molar-refractivity contribution in [1.29, 1.82) is 0 Å². The van der Waals surface area contributed by atoms with Crippen molar-refractivity contribution >= 4 is 23.5 Å². The van der Waals surface area contributed by atoms with E-state index in [-0.39, 0.29) is 18.7 Å². The second kappa shape index (κ2) is 9.81. The Hall–Kier alpha value is -3.75. The summed E-state index contributed by atoms with van der Waals surface area (Å²) in [5.41, 5.74) is 0.936. The number of methoxy groups -OCH3 is 1. The van der Waals surface area contributed by atoms with Crippen LogP contribution in [0.3, 0.4) is 0 Å². The molecule has 0 saturated carbocycles. The second-order valence-electron chi connectivity index (χ2n) is 5.82. The fourth-order valence-corrected chi connectivity index (χ4v) is 2.42. The van der Waals surface area contributed by atoms with Gasteiger partial charge in [0.25, 0.3) is 11.6 Å². The zero-order valence-corrected chi connectivity index (χ0v) is 15.1. The Bertz CT molecular complexity index is 852. The highest BCUT2D eigenvalue weighted by molar-refractivity contribution is 5.96. The summed E-state index contributed by atoms with van der Waals surface area (Å²) in [4.78, 5) is 46.2. The number of carbonyl (C=O) groups is 3. The third kappa shape index (κ3) is 5.90. The Morgan fingerprint density at radius 2 is 1.71 bits per heavy atom. The summed E-state index contributed by atoms with van der Waals surface area (Å²) >= 11 is 0. The maximum absolute atomic E-state index is 12.1. The van der Waals surface area contributed by atoms with Gasteiger partial charge in [-0.1, -0.05) is 30.3 Å². The molecular weight excluding hydrogens is 366 g/mol. The predicted molar refractivity (Wildman–Crippen MR) is 99.5 cm³/mol. The van der Waals surface area contributed by atoms with Gasteiger partial charge in [0, 0.05) is 24.1 Å². The molecule has 0 bridgehead atoms. The van der Waals surface area contributed by atoms with E-state index in [2.05, 4.69) is 10.6 Å². The topological polar surface area (TPSA) is 128 Å². The molecule has 0 aliphatic rings. The number of non-ortho nitro benzene ring substituents is 1. The quantitative estimate of drug-likeness (QED) is 0.400. The summed E-state index contributed by atoms with van der Waals surface area (Å²) < 4.78 is 4.69. The summed E-state index contributed by atoms with van der Waals surface area (Å²) in [5, 5.41) is 15.7. The van der Waals surface area contributed by atoms with Crippen LogP contribution in [0.25, 0.3) is 0 Å². The number of nitro benzene ring substituents is 1. The van der Waals surface area contributed by atoms with Crippen molar-refractivity contribution in [3.05, 3.63) is 75.8 Å². The van der Waals surface area contributed by atoms with E-state index in [0.29, 0.717) is 11.1 Å². The van der Waals surface area contributed by atoms with Crippen molar-refractivity contribution in [2.75, 3.05) is 13.7 Å². The molecule has 0 fully saturated rings. The van der Waals surface area contributed by atoms with Crippen LogP contribution in [0.1, 0.15) is 15.9 Å². The monoisotopic (exact) mass is 385 g/mol. The van der Waals surface area contributed by atoms with Gasteiger partial charge >= 0.3 is 5.97 Å². The van der Waals surface area contributed by atoms with Crippen molar-refractivity contribution in [3.63, 3.8) is 0 Å². The van der Waals surface area contributed by atoms with Crippen LogP contribution in [-0.4, -0.2) is 42.4 Å². The minimum atomic E-state index is -0.993. The third-order valence-electron chi connectivity index (χ3n) is 3.85. The molecule has 9 heteroatoms. The van der Waals surface area contributed by atoms with Gasteiger partial charge in [0.1, 0.15) is 6.04 Å². The normalized spacial score (nSPS) is 11.2. The van der Waals surface area contributed by atoms with E-state index in [1.165, 1.54) is 31.4 Å².